The Morgan fingerprint density at radius 1 is 1.27 bits per heavy atom. The number of halogens is 4. The number of amides is 3. The van der Waals surface area contributed by atoms with Gasteiger partial charge < -0.3 is 15.5 Å². The van der Waals surface area contributed by atoms with Gasteiger partial charge in [0.05, 0.1) is 11.5 Å². The van der Waals surface area contributed by atoms with E-state index in [4.69, 9.17) is 0 Å². The van der Waals surface area contributed by atoms with Gasteiger partial charge in [0.1, 0.15) is 5.82 Å². The summed E-state index contributed by atoms with van der Waals surface area (Å²) < 4.78 is 52.1. The molecule has 1 aliphatic heterocycles. The van der Waals surface area contributed by atoms with Crippen molar-refractivity contribution in [2.45, 2.75) is 26.1 Å². The molecule has 2 N–H and O–H groups in total. The number of nitrogens with zero attached hydrogens (tertiary/aromatic N) is 1. The van der Waals surface area contributed by atoms with Crippen molar-refractivity contribution in [3.05, 3.63) is 35.1 Å². The van der Waals surface area contributed by atoms with Crippen LogP contribution in [0.4, 0.5) is 22.4 Å². The Bertz CT molecular complexity index is 678. The lowest BCUT2D eigenvalue weighted by molar-refractivity contribution is -0.138. The van der Waals surface area contributed by atoms with Gasteiger partial charge in [0.15, 0.2) is 0 Å². The van der Waals surface area contributed by atoms with Gasteiger partial charge in [0.25, 0.3) is 0 Å². The molecule has 26 heavy (non-hydrogen) atoms. The highest BCUT2D eigenvalue weighted by Crippen LogP contribution is 2.32. The molecule has 1 aromatic carbocycles. The molecule has 3 amide bonds. The molecule has 1 saturated heterocycles. The quantitative estimate of drug-likeness (QED) is 0.798. The standard InChI is InChI=1S/C17H21F4N3O2/c1-10-5-12(15(25)22-2)9-24(8-10)16(26)23-7-11-3-4-13(18)6-14(11)17(19,20)21/h3-4,6,10,12H,5,7-9H2,1-2H3,(H,22,25)(H,23,26). The first-order valence-electron chi connectivity index (χ1n) is 8.21. The number of nitrogens with one attached hydrogen (secondary N) is 2. The van der Waals surface area contributed by atoms with Gasteiger partial charge in [0, 0.05) is 26.7 Å². The Labute approximate surface area is 148 Å². The number of piperidine rings is 1. The van der Waals surface area contributed by atoms with Gasteiger partial charge in [-0.25, -0.2) is 9.18 Å². The summed E-state index contributed by atoms with van der Waals surface area (Å²) in [5.74, 6) is -1.43. The fourth-order valence-electron chi connectivity index (χ4n) is 3.16. The number of rotatable bonds is 3. The highest BCUT2D eigenvalue weighted by atomic mass is 19.4. The molecule has 5 nitrogen and oxygen atoms in total. The number of likely N-dealkylation sites (tertiary alicyclic amines) is 1. The fraction of sp³-hybridized carbons (Fsp3) is 0.529. The summed E-state index contributed by atoms with van der Waals surface area (Å²) in [5.41, 5.74) is -1.34. The van der Waals surface area contributed by atoms with Crippen LogP contribution in [0.25, 0.3) is 0 Å². The number of hydrogen-bond acceptors (Lipinski definition) is 2. The minimum Gasteiger partial charge on any atom is -0.359 e. The van der Waals surface area contributed by atoms with E-state index in [-0.39, 0.29) is 36.4 Å². The lowest BCUT2D eigenvalue weighted by Gasteiger charge is -2.35. The van der Waals surface area contributed by atoms with E-state index >= 15 is 0 Å². The largest absolute Gasteiger partial charge is 0.416 e. The zero-order valence-electron chi connectivity index (χ0n) is 14.5. The van der Waals surface area contributed by atoms with Crippen LogP contribution in [0.2, 0.25) is 0 Å². The normalized spacial score (nSPS) is 20.6. The van der Waals surface area contributed by atoms with Crippen LogP contribution >= 0.6 is 0 Å². The Balaban J connectivity index is 2.06. The SMILES string of the molecule is CNC(=O)C1CC(C)CN(C(=O)NCc2ccc(F)cc2C(F)(F)F)C1. The van der Waals surface area contributed by atoms with E-state index in [0.29, 0.717) is 19.0 Å². The van der Waals surface area contributed by atoms with Crippen LogP contribution in [0.15, 0.2) is 18.2 Å². The molecule has 1 aromatic rings. The highest BCUT2D eigenvalue weighted by molar-refractivity contribution is 5.80. The first-order valence-corrected chi connectivity index (χ1v) is 8.21. The zero-order valence-corrected chi connectivity index (χ0v) is 14.5. The van der Waals surface area contributed by atoms with Gasteiger partial charge in [0.2, 0.25) is 5.91 Å². The molecule has 9 heteroatoms. The summed E-state index contributed by atoms with van der Waals surface area (Å²) in [5, 5.41) is 4.98. The molecule has 1 aliphatic rings. The number of urea groups is 1. The van der Waals surface area contributed by atoms with E-state index in [1.807, 2.05) is 6.92 Å². The lowest BCUT2D eigenvalue weighted by atomic mass is 9.90. The van der Waals surface area contributed by atoms with Gasteiger partial charge in [-0.2, -0.15) is 13.2 Å². The van der Waals surface area contributed by atoms with Crippen LogP contribution in [0.5, 0.6) is 0 Å². The molecular formula is C17H21F4N3O2. The summed E-state index contributed by atoms with van der Waals surface area (Å²) in [6.45, 7) is 2.13. The third-order valence-electron chi connectivity index (χ3n) is 4.37. The molecule has 1 heterocycles. The van der Waals surface area contributed by atoms with Crippen molar-refractivity contribution >= 4 is 11.9 Å². The van der Waals surface area contributed by atoms with Crippen molar-refractivity contribution in [1.29, 1.82) is 0 Å². The fourth-order valence-corrected chi connectivity index (χ4v) is 3.16. The van der Waals surface area contributed by atoms with Crippen molar-refractivity contribution in [2.24, 2.45) is 11.8 Å². The summed E-state index contributed by atoms with van der Waals surface area (Å²) in [7, 11) is 1.51. The maximum Gasteiger partial charge on any atom is 0.416 e. The molecule has 0 radical (unpaired) electrons. The zero-order chi connectivity index (χ0) is 19.5. The van der Waals surface area contributed by atoms with Gasteiger partial charge in [-0.3, -0.25) is 4.79 Å². The number of hydrogen-bond donors (Lipinski definition) is 2. The number of carbonyl (C=O) groups excluding carboxylic acids is 2. The first kappa shape index (κ1) is 20.0. The van der Waals surface area contributed by atoms with E-state index in [9.17, 15) is 27.2 Å². The second kappa shape index (κ2) is 7.92. The van der Waals surface area contributed by atoms with E-state index < -0.39 is 23.6 Å². The van der Waals surface area contributed by atoms with Crippen LogP contribution in [0, 0.1) is 17.7 Å². The molecular weight excluding hydrogens is 354 g/mol. The smallest absolute Gasteiger partial charge is 0.359 e. The van der Waals surface area contributed by atoms with Crippen LogP contribution in [0.3, 0.4) is 0 Å². The minimum atomic E-state index is -4.72. The summed E-state index contributed by atoms with van der Waals surface area (Å²) >= 11 is 0. The Morgan fingerprint density at radius 2 is 1.96 bits per heavy atom. The predicted octanol–water partition coefficient (Wildman–Crippen LogP) is 2.76. The maximum atomic E-state index is 13.1. The molecule has 144 valence electrons. The number of carbonyl (C=O) groups is 2. The average molecular weight is 375 g/mol. The monoisotopic (exact) mass is 375 g/mol. The van der Waals surface area contributed by atoms with E-state index in [0.717, 1.165) is 12.1 Å². The topological polar surface area (TPSA) is 61.4 Å². The van der Waals surface area contributed by atoms with Gasteiger partial charge in [-0.15, -0.1) is 0 Å². The molecule has 0 aliphatic carbocycles. The third-order valence-corrected chi connectivity index (χ3v) is 4.37. The van der Waals surface area contributed by atoms with E-state index in [1.165, 1.54) is 11.9 Å². The molecule has 2 rings (SSSR count). The Kier molecular flexibility index (Phi) is 6.09. The van der Waals surface area contributed by atoms with Crippen LogP contribution < -0.4 is 10.6 Å². The summed E-state index contributed by atoms with van der Waals surface area (Å²) in [6, 6.07) is 1.78. The lowest BCUT2D eigenvalue weighted by Crippen LogP contribution is -2.50. The van der Waals surface area contributed by atoms with Crippen molar-refractivity contribution in [3.8, 4) is 0 Å². The summed E-state index contributed by atoms with van der Waals surface area (Å²) in [4.78, 5) is 25.6. The molecule has 1 fully saturated rings. The van der Waals surface area contributed by atoms with Gasteiger partial charge in [-0.1, -0.05) is 13.0 Å². The number of alkyl halides is 3. The summed E-state index contributed by atoms with van der Waals surface area (Å²) in [6.07, 6.45) is -4.08. The van der Waals surface area contributed by atoms with Crippen molar-refractivity contribution in [2.75, 3.05) is 20.1 Å². The molecule has 0 aromatic heterocycles. The van der Waals surface area contributed by atoms with Gasteiger partial charge >= 0.3 is 12.2 Å². The predicted molar refractivity (Wildman–Crippen MR) is 86.5 cm³/mol. The maximum absolute atomic E-state index is 13.1. The molecule has 0 bridgehead atoms. The Hall–Kier alpha value is -2.32. The third kappa shape index (κ3) is 4.86. The van der Waals surface area contributed by atoms with Crippen molar-refractivity contribution < 1.29 is 27.2 Å². The van der Waals surface area contributed by atoms with Crippen molar-refractivity contribution in [3.63, 3.8) is 0 Å². The molecule has 2 atom stereocenters. The average Bonchev–Trinajstić information content (AvgIpc) is 2.58. The second-order valence-electron chi connectivity index (χ2n) is 6.51. The first-order chi connectivity index (χ1) is 12.1. The molecule has 2 unspecified atom stereocenters. The Morgan fingerprint density at radius 3 is 2.58 bits per heavy atom. The minimum absolute atomic E-state index is 0.0911. The highest BCUT2D eigenvalue weighted by Gasteiger charge is 2.34. The molecule has 0 saturated carbocycles. The van der Waals surface area contributed by atoms with E-state index in [1.54, 1.807) is 0 Å². The van der Waals surface area contributed by atoms with Crippen LogP contribution in [-0.2, 0) is 17.5 Å². The van der Waals surface area contributed by atoms with Gasteiger partial charge in [-0.05, 0) is 30.0 Å². The molecule has 0 spiro atoms. The van der Waals surface area contributed by atoms with E-state index in [2.05, 4.69) is 10.6 Å². The van der Waals surface area contributed by atoms with Crippen LogP contribution in [0.1, 0.15) is 24.5 Å². The van der Waals surface area contributed by atoms with Crippen molar-refractivity contribution in [1.82, 2.24) is 15.5 Å². The second-order valence-corrected chi connectivity index (χ2v) is 6.51. The van der Waals surface area contributed by atoms with Crippen LogP contribution in [-0.4, -0.2) is 37.0 Å². The number of benzene rings is 1.